The molecule has 5 rings (SSSR count). The van der Waals surface area contributed by atoms with E-state index in [-0.39, 0.29) is 5.88 Å². The van der Waals surface area contributed by atoms with E-state index in [0.717, 1.165) is 74.5 Å². The Morgan fingerprint density at radius 3 is 2.52 bits per heavy atom. The van der Waals surface area contributed by atoms with Gasteiger partial charge >= 0.3 is 6.18 Å². The summed E-state index contributed by atoms with van der Waals surface area (Å²) in [7, 11) is 0. The standard InChI is InChI=1S/C33H40F3N7O2S/c1-31(2,33(34,35)36)22-45-27-17-19-43(40-27)30-29-24-14-9-8-13-23(24)12-7-5-6-10-18-42(21-32(3,4)44)26-15-11-16-28(39-26)46-41-25(38-29)20-37-30/h8-9,11,13-17,19-20,44H,5-7,10,12,18,21-22H2,1-4H3,(H,38,41). The SMILES string of the molecule is CC(C)(O)CN1CCCCCCc2ccccc2-c2nc(cnc2-n2ccc(OCC(C)(C)C(F)(F)F)n2)NSc2cccc1n2. The van der Waals surface area contributed by atoms with E-state index in [1.54, 1.807) is 26.2 Å². The van der Waals surface area contributed by atoms with Gasteiger partial charge in [0.25, 0.3) is 0 Å². The summed E-state index contributed by atoms with van der Waals surface area (Å²) in [5, 5.41) is 15.7. The van der Waals surface area contributed by atoms with Crippen LogP contribution in [0.1, 0.15) is 58.9 Å². The maximum Gasteiger partial charge on any atom is 0.397 e. The van der Waals surface area contributed by atoms with Gasteiger partial charge < -0.3 is 19.5 Å². The molecule has 0 saturated carbocycles. The van der Waals surface area contributed by atoms with Crippen LogP contribution in [0.15, 0.2) is 66.0 Å². The number of aromatic nitrogens is 5. The van der Waals surface area contributed by atoms with E-state index < -0.39 is 23.8 Å². The normalized spacial score (nSPS) is 15.1. The number of aliphatic hydroxyl groups is 1. The average Bonchev–Trinajstić information content (AvgIpc) is 3.48. The predicted molar refractivity (Wildman–Crippen MR) is 174 cm³/mol. The third-order valence-electron chi connectivity index (χ3n) is 7.65. The van der Waals surface area contributed by atoms with Gasteiger partial charge in [-0.2, -0.15) is 13.2 Å². The Morgan fingerprint density at radius 1 is 0.957 bits per heavy atom. The fourth-order valence-corrected chi connectivity index (χ4v) is 5.64. The van der Waals surface area contributed by atoms with Crippen LogP contribution in [-0.4, -0.2) is 61.3 Å². The number of pyridine rings is 1. The van der Waals surface area contributed by atoms with Gasteiger partial charge in [-0.15, -0.1) is 5.10 Å². The Hall–Kier alpha value is -3.84. The quantitative estimate of drug-likeness (QED) is 0.205. The summed E-state index contributed by atoms with van der Waals surface area (Å²) in [4.78, 5) is 16.6. The Kier molecular flexibility index (Phi) is 10.1. The minimum Gasteiger partial charge on any atom is -0.476 e. The van der Waals surface area contributed by atoms with Crippen LogP contribution in [0.2, 0.25) is 0 Å². The van der Waals surface area contributed by atoms with Crippen LogP contribution in [0.25, 0.3) is 17.1 Å². The first kappa shape index (κ1) is 33.5. The molecule has 0 spiro atoms. The van der Waals surface area contributed by atoms with Gasteiger partial charge in [-0.3, -0.25) is 0 Å². The van der Waals surface area contributed by atoms with E-state index in [0.29, 0.717) is 23.9 Å². The maximum absolute atomic E-state index is 13.4. The molecule has 0 aliphatic carbocycles. The van der Waals surface area contributed by atoms with Gasteiger partial charge in [0.1, 0.15) is 23.1 Å². The predicted octanol–water partition coefficient (Wildman–Crippen LogP) is 7.50. The van der Waals surface area contributed by atoms with Crippen molar-refractivity contribution in [2.24, 2.45) is 5.41 Å². The van der Waals surface area contributed by atoms with Crippen molar-refractivity contribution in [3.8, 4) is 23.0 Å². The number of alkyl halides is 3. The molecule has 4 heterocycles. The molecule has 0 atom stereocenters. The molecule has 13 heteroatoms. The monoisotopic (exact) mass is 655 g/mol. The van der Waals surface area contributed by atoms with Crippen molar-refractivity contribution in [3.63, 3.8) is 0 Å². The molecule has 0 fully saturated rings. The van der Waals surface area contributed by atoms with Gasteiger partial charge in [0, 0.05) is 42.9 Å². The number of halogens is 3. The van der Waals surface area contributed by atoms with Gasteiger partial charge in [-0.05, 0) is 64.7 Å². The number of aryl methyl sites for hydroxylation is 1. The Balaban J connectivity index is 1.48. The molecule has 0 amide bonds. The topological polar surface area (TPSA) is 101 Å². The molecular formula is C33H40F3N7O2S. The fourth-order valence-electron chi connectivity index (χ4n) is 5.04. The summed E-state index contributed by atoms with van der Waals surface area (Å²) >= 11 is 1.30. The lowest BCUT2D eigenvalue weighted by molar-refractivity contribution is -0.219. The number of ether oxygens (including phenoxy) is 1. The van der Waals surface area contributed by atoms with Crippen LogP contribution in [0.3, 0.4) is 0 Å². The highest BCUT2D eigenvalue weighted by molar-refractivity contribution is 8.00. The summed E-state index contributed by atoms with van der Waals surface area (Å²) in [6, 6.07) is 15.4. The van der Waals surface area contributed by atoms with Crippen molar-refractivity contribution in [1.29, 1.82) is 0 Å². The lowest BCUT2D eigenvalue weighted by Crippen LogP contribution is -2.39. The molecule has 2 N–H and O–H groups in total. The van der Waals surface area contributed by atoms with Crippen LogP contribution >= 0.6 is 11.9 Å². The van der Waals surface area contributed by atoms with E-state index in [2.05, 4.69) is 20.8 Å². The number of hydrogen-bond acceptors (Lipinski definition) is 9. The maximum atomic E-state index is 13.4. The first-order valence-electron chi connectivity index (χ1n) is 15.4. The minimum absolute atomic E-state index is 0.0613. The van der Waals surface area contributed by atoms with Crippen molar-refractivity contribution in [2.75, 3.05) is 29.3 Å². The van der Waals surface area contributed by atoms with E-state index in [1.165, 1.54) is 22.7 Å². The largest absolute Gasteiger partial charge is 0.476 e. The zero-order chi connectivity index (χ0) is 33.0. The van der Waals surface area contributed by atoms with E-state index in [4.69, 9.17) is 19.7 Å². The molecule has 1 aromatic carbocycles. The molecule has 9 nitrogen and oxygen atoms in total. The number of nitrogens with one attached hydrogen (secondary N) is 1. The molecule has 46 heavy (non-hydrogen) atoms. The van der Waals surface area contributed by atoms with Crippen molar-refractivity contribution >= 4 is 23.6 Å². The molecule has 0 saturated heterocycles. The van der Waals surface area contributed by atoms with Crippen molar-refractivity contribution in [3.05, 3.63) is 66.5 Å². The molecule has 1 aliphatic heterocycles. The highest BCUT2D eigenvalue weighted by Gasteiger charge is 2.48. The van der Waals surface area contributed by atoms with Crippen LogP contribution < -0.4 is 14.4 Å². The Bertz CT molecular complexity index is 1620. The van der Waals surface area contributed by atoms with Crippen molar-refractivity contribution in [1.82, 2.24) is 24.7 Å². The molecule has 1 aliphatic rings. The highest BCUT2D eigenvalue weighted by atomic mass is 32.2. The summed E-state index contributed by atoms with van der Waals surface area (Å²) in [5.41, 5.74) is -0.322. The third-order valence-corrected chi connectivity index (χ3v) is 8.40. The van der Waals surface area contributed by atoms with Gasteiger partial charge in [0.15, 0.2) is 11.6 Å². The zero-order valence-electron chi connectivity index (χ0n) is 26.5. The van der Waals surface area contributed by atoms with Crippen molar-refractivity contribution in [2.45, 2.75) is 76.6 Å². The van der Waals surface area contributed by atoms with E-state index >= 15 is 0 Å². The van der Waals surface area contributed by atoms with Crippen LogP contribution in [0, 0.1) is 5.41 Å². The molecule has 3 aromatic heterocycles. The van der Waals surface area contributed by atoms with Gasteiger partial charge in [-0.25, -0.2) is 19.6 Å². The Morgan fingerprint density at radius 2 is 1.74 bits per heavy atom. The van der Waals surface area contributed by atoms with Crippen LogP contribution in [0.5, 0.6) is 5.88 Å². The minimum atomic E-state index is -4.41. The first-order valence-corrected chi connectivity index (χ1v) is 16.2. The number of benzene rings is 1. The smallest absolute Gasteiger partial charge is 0.397 e. The lowest BCUT2D eigenvalue weighted by atomic mass is 9.94. The third kappa shape index (κ3) is 8.49. The van der Waals surface area contributed by atoms with Gasteiger partial charge in [0.05, 0.1) is 17.2 Å². The number of rotatable bonds is 6. The first-order chi connectivity index (χ1) is 21.8. The number of fused-ring (bicyclic) bond motifs is 6. The lowest BCUT2D eigenvalue weighted by Gasteiger charge is -2.30. The molecule has 246 valence electrons. The van der Waals surface area contributed by atoms with E-state index in [9.17, 15) is 18.3 Å². The Labute approximate surface area is 271 Å². The van der Waals surface area contributed by atoms with Gasteiger partial charge in [-0.1, -0.05) is 43.2 Å². The fraction of sp³-hybridized carbons (Fsp3) is 0.455. The number of hydrogen-bond donors (Lipinski definition) is 2. The molecule has 4 aromatic rings. The summed E-state index contributed by atoms with van der Waals surface area (Å²) in [6.07, 6.45) is 3.62. The van der Waals surface area contributed by atoms with E-state index in [1.807, 2.05) is 36.4 Å². The molecule has 4 bridgehead atoms. The molecule has 0 unspecified atom stereocenters. The highest BCUT2D eigenvalue weighted by Crippen LogP contribution is 2.38. The second-order valence-corrected chi connectivity index (χ2v) is 13.6. The van der Waals surface area contributed by atoms with Gasteiger partial charge in [0.2, 0.25) is 5.88 Å². The second kappa shape index (κ2) is 13.9. The average molecular weight is 656 g/mol. The second-order valence-electron chi connectivity index (χ2n) is 12.8. The summed E-state index contributed by atoms with van der Waals surface area (Å²) in [5.74, 6) is 1.78. The molecule has 0 radical (unpaired) electrons. The number of β-amino-alcohol motifs (C(OH)–C–C–N with tert-alkyl or cyclic N) is 1. The zero-order valence-corrected chi connectivity index (χ0v) is 27.3. The number of anilines is 2. The number of nitrogens with zero attached hydrogens (tertiary/aromatic N) is 6. The summed E-state index contributed by atoms with van der Waals surface area (Å²) in [6.45, 7) is 6.48. The summed E-state index contributed by atoms with van der Waals surface area (Å²) < 4.78 is 50.3. The van der Waals surface area contributed by atoms with Crippen LogP contribution in [0.4, 0.5) is 24.8 Å². The van der Waals surface area contributed by atoms with Crippen LogP contribution in [-0.2, 0) is 6.42 Å². The molecular weight excluding hydrogens is 615 g/mol. The van der Waals surface area contributed by atoms with Crippen molar-refractivity contribution < 1.29 is 23.0 Å².